The molecule has 21 heavy (non-hydrogen) atoms. The van der Waals surface area contributed by atoms with E-state index in [1.807, 2.05) is 6.20 Å². The van der Waals surface area contributed by atoms with Gasteiger partial charge in [0.2, 0.25) is 0 Å². The maximum Gasteiger partial charge on any atom is 0.354 e. The zero-order valence-electron chi connectivity index (χ0n) is 13.9. The predicted octanol–water partition coefficient (Wildman–Crippen LogP) is 3.59. The minimum atomic E-state index is -0.423. The fourth-order valence-corrected chi connectivity index (χ4v) is 1.90. The van der Waals surface area contributed by atoms with Crippen molar-refractivity contribution < 1.29 is 9.53 Å². The van der Waals surface area contributed by atoms with Crippen LogP contribution in [-0.2, 0) is 9.53 Å². The third kappa shape index (κ3) is 10.9. The molecule has 0 spiro atoms. The Morgan fingerprint density at radius 2 is 1.67 bits per heavy atom. The number of allylic oxidation sites excluding steroid dienone is 2. The van der Waals surface area contributed by atoms with Crippen molar-refractivity contribution in [3.63, 3.8) is 0 Å². The van der Waals surface area contributed by atoms with E-state index < -0.39 is 5.97 Å². The summed E-state index contributed by atoms with van der Waals surface area (Å²) < 4.78 is 5.14. The van der Waals surface area contributed by atoms with Crippen molar-refractivity contribution in [1.29, 1.82) is 0 Å². The van der Waals surface area contributed by atoms with Crippen LogP contribution in [0.3, 0.4) is 0 Å². The van der Waals surface area contributed by atoms with E-state index in [1.165, 1.54) is 25.7 Å². The maximum atomic E-state index is 11.6. The monoisotopic (exact) mass is 296 g/mol. The first kappa shape index (κ1) is 19.6. The largest absolute Gasteiger partial charge is 0.461 e. The van der Waals surface area contributed by atoms with Gasteiger partial charge in [-0.2, -0.15) is 0 Å². The molecule has 0 heterocycles. The summed E-state index contributed by atoms with van der Waals surface area (Å²) in [6.07, 6.45) is 12.3. The lowest BCUT2D eigenvalue weighted by Crippen LogP contribution is -2.16. The van der Waals surface area contributed by atoms with Crippen molar-refractivity contribution >= 4 is 5.97 Å². The van der Waals surface area contributed by atoms with Crippen molar-refractivity contribution in [2.45, 2.75) is 59.3 Å². The molecule has 0 radical (unpaired) electrons. The summed E-state index contributed by atoms with van der Waals surface area (Å²) in [4.78, 5) is 13.7. The lowest BCUT2D eigenvalue weighted by molar-refractivity contribution is -0.139. The summed E-state index contributed by atoms with van der Waals surface area (Å²) in [6, 6.07) is 0. The molecule has 0 aromatic heterocycles. The zero-order chi connectivity index (χ0) is 15.9. The molecular formula is C17H32N2O2. The number of ether oxygens (including phenoxy) is 1. The van der Waals surface area contributed by atoms with Crippen molar-refractivity contribution in [1.82, 2.24) is 4.90 Å². The van der Waals surface area contributed by atoms with Crippen LogP contribution in [-0.4, -0.2) is 30.6 Å². The maximum absolute atomic E-state index is 11.6. The molecule has 0 rings (SSSR count). The van der Waals surface area contributed by atoms with E-state index in [-0.39, 0.29) is 5.70 Å². The number of hydrogen-bond donors (Lipinski definition) is 1. The number of nitrogens with two attached hydrogens (primary N) is 1. The Balaban J connectivity index is 3.84. The summed E-state index contributed by atoms with van der Waals surface area (Å²) in [6.45, 7) is 8.68. The third-order valence-electron chi connectivity index (χ3n) is 3.35. The van der Waals surface area contributed by atoms with Gasteiger partial charge in [0.15, 0.2) is 0 Å². The van der Waals surface area contributed by atoms with Crippen LogP contribution in [0, 0.1) is 0 Å². The summed E-state index contributed by atoms with van der Waals surface area (Å²) >= 11 is 0. The molecule has 0 atom stereocenters. The van der Waals surface area contributed by atoms with Gasteiger partial charge in [-0.1, -0.05) is 39.0 Å². The highest BCUT2D eigenvalue weighted by molar-refractivity contribution is 5.87. The van der Waals surface area contributed by atoms with Crippen LogP contribution >= 0.6 is 0 Å². The van der Waals surface area contributed by atoms with Crippen molar-refractivity contribution in [2.24, 2.45) is 5.73 Å². The normalized spacial score (nSPS) is 11.9. The molecule has 4 heteroatoms. The Kier molecular flexibility index (Phi) is 12.6. The molecular weight excluding hydrogens is 264 g/mol. The molecule has 122 valence electrons. The molecule has 0 aromatic carbocycles. The molecule has 0 aliphatic rings. The highest BCUT2D eigenvalue weighted by atomic mass is 16.5. The number of esters is 1. The fourth-order valence-electron chi connectivity index (χ4n) is 1.90. The summed E-state index contributed by atoms with van der Waals surface area (Å²) in [5, 5.41) is 0. The van der Waals surface area contributed by atoms with Crippen molar-refractivity contribution in [3.05, 3.63) is 24.0 Å². The molecule has 0 aliphatic heterocycles. The molecule has 0 aromatic rings. The second-order valence-corrected chi connectivity index (χ2v) is 5.09. The number of unbranched alkanes of at least 4 members (excludes halogenated alkanes) is 5. The Labute approximate surface area is 130 Å². The number of carbonyl (C=O) groups is 1. The topological polar surface area (TPSA) is 55.6 Å². The lowest BCUT2D eigenvalue weighted by atomic mass is 10.1. The van der Waals surface area contributed by atoms with Gasteiger partial charge in [-0.05, 0) is 38.6 Å². The van der Waals surface area contributed by atoms with E-state index in [0.29, 0.717) is 6.61 Å². The molecule has 2 N–H and O–H groups in total. The van der Waals surface area contributed by atoms with Gasteiger partial charge in [0.1, 0.15) is 5.70 Å². The summed E-state index contributed by atoms with van der Waals surface area (Å²) in [5.74, 6) is -0.423. The highest BCUT2D eigenvalue weighted by Gasteiger charge is 2.05. The standard InChI is InChI=1S/C17H32N2O2/c1-4-7-8-9-10-11-15-21-17(20)16(18)13-12-14-19(5-2)6-3/h12-14H,4-11,15,18H2,1-3H3/b14-12+,16-13+. The van der Waals surface area contributed by atoms with Crippen LogP contribution < -0.4 is 5.73 Å². The summed E-state index contributed by atoms with van der Waals surface area (Å²) in [5.41, 5.74) is 5.84. The van der Waals surface area contributed by atoms with Gasteiger partial charge in [0.05, 0.1) is 6.61 Å². The quantitative estimate of drug-likeness (QED) is 0.259. The van der Waals surface area contributed by atoms with E-state index in [2.05, 4.69) is 25.7 Å². The highest BCUT2D eigenvalue weighted by Crippen LogP contribution is 2.05. The molecule has 0 saturated carbocycles. The fraction of sp³-hybridized carbons (Fsp3) is 0.706. The molecule has 0 bridgehead atoms. The van der Waals surface area contributed by atoms with Crippen LogP contribution in [0.25, 0.3) is 0 Å². The smallest absolute Gasteiger partial charge is 0.354 e. The SMILES string of the molecule is CCCCCCCCOC(=O)/C(N)=C\C=C\N(CC)CC. The average molecular weight is 296 g/mol. The van der Waals surface area contributed by atoms with E-state index in [0.717, 1.165) is 25.9 Å². The average Bonchev–Trinajstić information content (AvgIpc) is 2.50. The zero-order valence-corrected chi connectivity index (χ0v) is 13.9. The van der Waals surface area contributed by atoms with Crippen molar-refractivity contribution in [2.75, 3.05) is 19.7 Å². The van der Waals surface area contributed by atoms with Crippen LogP contribution in [0.1, 0.15) is 59.3 Å². The van der Waals surface area contributed by atoms with Crippen LogP contribution in [0.15, 0.2) is 24.0 Å². The Morgan fingerprint density at radius 3 is 2.29 bits per heavy atom. The van der Waals surface area contributed by atoms with Gasteiger partial charge in [-0.25, -0.2) is 4.79 Å². The van der Waals surface area contributed by atoms with Crippen molar-refractivity contribution in [3.8, 4) is 0 Å². The Bertz CT molecular complexity index is 321. The predicted molar refractivity (Wildman–Crippen MR) is 88.7 cm³/mol. The van der Waals surface area contributed by atoms with Gasteiger partial charge >= 0.3 is 5.97 Å². The molecule has 0 aliphatic carbocycles. The minimum Gasteiger partial charge on any atom is -0.461 e. The van der Waals surface area contributed by atoms with Gasteiger partial charge in [-0.15, -0.1) is 0 Å². The first-order valence-corrected chi connectivity index (χ1v) is 8.20. The molecule has 4 nitrogen and oxygen atoms in total. The number of carbonyl (C=O) groups excluding carboxylic acids is 1. The molecule has 0 fully saturated rings. The second-order valence-electron chi connectivity index (χ2n) is 5.09. The number of hydrogen-bond acceptors (Lipinski definition) is 4. The summed E-state index contributed by atoms with van der Waals surface area (Å²) in [7, 11) is 0. The minimum absolute atomic E-state index is 0.157. The first-order chi connectivity index (χ1) is 10.2. The Morgan fingerprint density at radius 1 is 1.05 bits per heavy atom. The van der Waals surface area contributed by atoms with E-state index in [1.54, 1.807) is 12.2 Å². The number of rotatable bonds is 12. The van der Waals surface area contributed by atoms with Gasteiger partial charge in [0, 0.05) is 13.1 Å². The number of nitrogens with zero attached hydrogens (tertiary/aromatic N) is 1. The second kappa shape index (κ2) is 13.5. The van der Waals surface area contributed by atoms with Crippen LogP contribution in [0.2, 0.25) is 0 Å². The lowest BCUT2D eigenvalue weighted by Gasteiger charge is -2.13. The van der Waals surface area contributed by atoms with E-state index in [9.17, 15) is 4.79 Å². The van der Waals surface area contributed by atoms with Crippen LogP contribution in [0.5, 0.6) is 0 Å². The first-order valence-electron chi connectivity index (χ1n) is 8.20. The van der Waals surface area contributed by atoms with E-state index >= 15 is 0 Å². The van der Waals surface area contributed by atoms with Gasteiger partial charge < -0.3 is 15.4 Å². The van der Waals surface area contributed by atoms with Gasteiger partial charge in [-0.3, -0.25) is 0 Å². The molecule has 0 saturated heterocycles. The van der Waals surface area contributed by atoms with E-state index in [4.69, 9.17) is 10.5 Å². The van der Waals surface area contributed by atoms with Crippen LogP contribution in [0.4, 0.5) is 0 Å². The molecule has 0 amide bonds. The van der Waals surface area contributed by atoms with Gasteiger partial charge in [0.25, 0.3) is 0 Å². The molecule has 0 unspecified atom stereocenters. The Hall–Kier alpha value is -1.45. The third-order valence-corrected chi connectivity index (χ3v) is 3.35.